The highest BCUT2D eigenvalue weighted by atomic mass is 16.6. The van der Waals surface area contributed by atoms with Crippen LogP contribution >= 0.6 is 0 Å². The van der Waals surface area contributed by atoms with Crippen molar-refractivity contribution in [1.29, 1.82) is 0 Å². The molecule has 0 atom stereocenters. The summed E-state index contributed by atoms with van der Waals surface area (Å²) >= 11 is 0. The van der Waals surface area contributed by atoms with Crippen molar-refractivity contribution in [3.8, 4) is 28.7 Å². The molecule has 0 amide bonds. The van der Waals surface area contributed by atoms with Gasteiger partial charge in [0.15, 0.2) is 23.0 Å². The average Bonchev–Trinajstić information content (AvgIpc) is 2.88. The molecule has 208 valence electrons. The number of rotatable bonds is 12. The Morgan fingerprint density at radius 2 is 1.00 bits per heavy atom. The summed E-state index contributed by atoms with van der Waals surface area (Å²) in [5.74, 6) is -2.38. The second-order valence-electron chi connectivity index (χ2n) is 8.71. The Balaban J connectivity index is 2.21. The fraction of sp³-hybridized carbons (Fsp3) is 0.161. The summed E-state index contributed by atoms with van der Waals surface area (Å²) in [4.78, 5) is 48.1. The Bertz CT molecular complexity index is 1430. The average molecular weight is 547 g/mol. The monoisotopic (exact) mass is 546 g/mol. The Labute approximate surface area is 232 Å². The molecule has 0 radical (unpaired) electrons. The molecule has 0 saturated heterocycles. The summed E-state index contributed by atoms with van der Waals surface area (Å²) < 4.78 is 26.8. The molecular formula is C31H30O9. The van der Waals surface area contributed by atoms with Crippen molar-refractivity contribution in [3.05, 3.63) is 96.6 Å². The van der Waals surface area contributed by atoms with Crippen molar-refractivity contribution in [3.63, 3.8) is 0 Å². The maximum absolute atomic E-state index is 12.1. The zero-order valence-electron chi connectivity index (χ0n) is 22.8. The van der Waals surface area contributed by atoms with E-state index in [1.165, 1.54) is 58.0 Å². The first-order chi connectivity index (χ1) is 18.8. The van der Waals surface area contributed by atoms with E-state index in [9.17, 15) is 19.2 Å². The molecule has 40 heavy (non-hydrogen) atoms. The van der Waals surface area contributed by atoms with Crippen LogP contribution in [0.1, 0.15) is 33.3 Å². The molecule has 0 unspecified atom stereocenters. The van der Waals surface area contributed by atoms with Gasteiger partial charge in [-0.15, -0.1) is 0 Å². The summed E-state index contributed by atoms with van der Waals surface area (Å²) in [5, 5.41) is 0. The molecule has 9 nitrogen and oxygen atoms in total. The molecule has 0 bridgehead atoms. The maximum Gasteiger partial charge on any atom is 0.338 e. The predicted octanol–water partition coefficient (Wildman–Crippen LogP) is 5.70. The van der Waals surface area contributed by atoms with Crippen LogP contribution in [0.25, 0.3) is 6.08 Å². The fourth-order valence-electron chi connectivity index (χ4n) is 2.61. The number of carbonyl (C=O) groups is 4. The van der Waals surface area contributed by atoms with Gasteiger partial charge < -0.3 is 23.7 Å². The Hall–Kier alpha value is -5.18. The maximum atomic E-state index is 12.1. The molecule has 0 fully saturated rings. The van der Waals surface area contributed by atoms with Crippen molar-refractivity contribution in [2.45, 2.75) is 27.7 Å². The normalized spacial score (nSPS) is 10.3. The van der Waals surface area contributed by atoms with Crippen LogP contribution in [-0.4, -0.2) is 30.5 Å². The molecule has 0 heterocycles. The number of hydrogen-bond acceptors (Lipinski definition) is 9. The zero-order valence-corrected chi connectivity index (χ0v) is 22.8. The summed E-state index contributed by atoms with van der Waals surface area (Å²) in [6.07, 6.45) is 3.36. The molecule has 9 heteroatoms. The number of hydrogen-bond donors (Lipinski definition) is 0. The van der Waals surface area contributed by atoms with Gasteiger partial charge in [-0.1, -0.05) is 38.5 Å². The van der Waals surface area contributed by atoms with E-state index < -0.39 is 23.9 Å². The molecule has 0 aromatic heterocycles. The molecule has 0 saturated carbocycles. The number of benzene rings is 2. The van der Waals surface area contributed by atoms with Gasteiger partial charge >= 0.3 is 23.9 Å². The Morgan fingerprint density at radius 3 is 1.45 bits per heavy atom. The van der Waals surface area contributed by atoms with Crippen LogP contribution in [0.5, 0.6) is 28.7 Å². The van der Waals surface area contributed by atoms with Crippen molar-refractivity contribution >= 4 is 30.0 Å². The molecule has 0 spiro atoms. The van der Waals surface area contributed by atoms with Crippen LogP contribution in [0.3, 0.4) is 0 Å². The van der Waals surface area contributed by atoms with Gasteiger partial charge in [-0.3, -0.25) is 0 Å². The summed E-state index contributed by atoms with van der Waals surface area (Å²) in [6, 6.07) is 9.00. The zero-order chi connectivity index (χ0) is 30.0. The van der Waals surface area contributed by atoms with Gasteiger partial charge in [0.1, 0.15) is 12.4 Å². The van der Waals surface area contributed by atoms with Crippen LogP contribution < -0.4 is 23.7 Å². The van der Waals surface area contributed by atoms with Gasteiger partial charge in [0.25, 0.3) is 0 Å². The van der Waals surface area contributed by atoms with E-state index >= 15 is 0 Å². The van der Waals surface area contributed by atoms with Crippen molar-refractivity contribution in [2.24, 2.45) is 0 Å². The van der Waals surface area contributed by atoms with Crippen molar-refractivity contribution in [2.75, 3.05) is 6.61 Å². The van der Waals surface area contributed by atoms with Gasteiger partial charge in [-0.2, -0.15) is 0 Å². The lowest BCUT2D eigenvalue weighted by Gasteiger charge is -2.12. The van der Waals surface area contributed by atoms with E-state index in [4.69, 9.17) is 23.7 Å². The van der Waals surface area contributed by atoms with Crippen LogP contribution in [0.2, 0.25) is 0 Å². The van der Waals surface area contributed by atoms with E-state index in [0.717, 1.165) is 0 Å². The molecule has 2 rings (SSSR count). The third-order valence-corrected chi connectivity index (χ3v) is 4.74. The first kappa shape index (κ1) is 31.0. The van der Waals surface area contributed by atoms with Gasteiger partial charge in [-0.25, -0.2) is 19.2 Å². The van der Waals surface area contributed by atoms with Crippen LogP contribution in [-0.2, 0) is 19.2 Å². The lowest BCUT2D eigenvalue weighted by molar-refractivity contribution is -0.132. The standard InChI is InChI=1S/C31H30O9/c1-18(2)28(32)37-24-13-11-22(16-26(24)39-30(34)20(5)6)10-9-15-36-23-12-14-25(38-29(33)19(3)4)27(17-23)40-31(35)21(7)8/h9-14,16-17H,1,3,5,7,15H2,2,4,6,8H3/b10-9+. The fourth-order valence-corrected chi connectivity index (χ4v) is 2.61. The minimum absolute atomic E-state index is 0.00904. The van der Waals surface area contributed by atoms with E-state index in [1.807, 2.05) is 0 Å². The SMILES string of the molecule is C=C(C)C(=O)Oc1ccc(/C=C/COc2ccc(OC(=O)C(=C)C)c(OC(=O)C(=C)C)c2)cc1OC(=O)C(=C)C. The molecule has 0 aliphatic rings. The Morgan fingerprint density at radius 1 is 0.600 bits per heavy atom. The largest absolute Gasteiger partial charge is 0.489 e. The minimum Gasteiger partial charge on any atom is -0.489 e. The lowest BCUT2D eigenvalue weighted by Crippen LogP contribution is -2.13. The Kier molecular flexibility index (Phi) is 10.9. The predicted molar refractivity (Wildman–Crippen MR) is 149 cm³/mol. The molecule has 2 aromatic carbocycles. The molecule has 2 aromatic rings. The van der Waals surface area contributed by atoms with Crippen LogP contribution in [0, 0.1) is 0 Å². The van der Waals surface area contributed by atoms with Gasteiger partial charge in [0.05, 0.1) is 0 Å². The summed E-state index contributed by atoms with van der Waals surface area (Å²) in [5.41, 5.74) is 1.28. The molecule has 0 aliphatic heterocycles. The molecular weight excluding hydrogens is 516 g/mol. The number of ether oxygens (including phenoxy) is 5. The topological polar surface area (TPSA) is 114 Å². The molecule has 0 aliphatic carbocycles. The first-order valence-corrected chi connectivity index (χ1v) is 11.9. The second-order valence-corrected chi connectivity index (χ2v) is 8.71. The third kappa shape index (κ3) is 9.29. The lowest BCUT2D eigenvalue weighted by atomic mass is 10.2. The summed E-state index contributed by atoms with van der Waals surface area (Å²) in [7, 11) is 0. The van der Waals surface area contributed by atoms with Gasteiger partial charge in [0, 0.05) is 28.4 Å². The number of esters is 4. The van der Waals surface area contributed by atoms with Crippen molar-refractivity contribution in [1.82, 2.24) is 0 Å². The molecule has 0 N–H and O–H groups in total. The third-order valence-electron chi connectivity index (χ3n) is 4.74. The van der Waals surface area contributed by atoms with E-state index in [1.54, 1.807) is 18.2 Å². The quantitative estimate of drug-likeness (QED) is 0.188. The summed E-state index contributed by atoms with van der Waals surface area (Å²) in [6.45, 7) is 20.2. The van der Waals surface area contributed by atoms with Crippen LogP contribution in [0.15, 0.2) is 91.1 Å². The van der Waals surface area contributed by atoms with E-state index in [-0.39, 0.29) is 51.9 Å². The van der Waals surface area contributed by atoms with E-state index in [0.29, 0.717) is 11.3 Å². The highest BCUT2D eigenvalue weighted by Gasteiger charge is 2.17. The van der Waals surface area contributed by atoms with Crippen molar-refractivity contribution < 1.29 is 42.9 Å². The van der Waals surface area contributed by atoms with Gasteiger partial charge in [-0.05, 0) is 63.6 Å². The van der Waals surface area contributed by atoms with Gasteiger partial charge in [0.2, 0.25) is 0 Å². The number of carbonyl (C=O) groups excluding carboxylic acids is 4. The minimum atomic E-state index is -0.704. The van der Waals surface area contributed by atoms with Crippen LogP contribution in [0.4, 0.5) is 0 Å². The van der Waals surface area contributed by atoms with E-state index in [2.05, 4.69) is 26.3 Å². The highest BCUT2D eigenvalue weighted by molar-refractivity contribution is 5.92. The first-order valence-electron chi connectivity index (χ1n) is 11.9. The smallest absolute Gasteiger partial charge is 0.338 e. The highest BCUT2D eigenvalue weighted by Crippen LogP contribution is 2.33. The second kappa shape index (κ2) is 14.1.